The summed E-state index contributed by atoms with van der Waals surface area (Å²) < 4.78 is 25.8. The molecule has 0 atom stereocenters. The molecule has 22 heavy (non-hydrogen) atoms. The minimum Gasteiger partial charge on any atom is -0.311 e. The van der Waals surface area contributed by atoms with Gasteiger partial charge < -0.3 is 4.57 Å². The fraction of sp³-hybridized carbons (Fsp3) is 0.400. The molecule has 0 aliphatic carbocycles. The van der Waals surface area contributed by atoms with Crippen LogP contribution in [0.5, 0.6) is 0 Å². The van der Waals surface area contributed by atoms with Crippen molar-refractivity contribution in [2.45, 2.75) is 19.9 Å². The number of hydrogen-bond donors (Lipinski definition) is 0. The van der Waals surface area contributed by atoms with E-state index in [4.69, 9.17) is 11.6 Å². The summed E-state index contributed by atoms with van der Waals surface area (Å²) in [5, 5.41) is 1.70. The third kappa shape index (κ3) is 3.34. The maximum Gasteiger partial charge on any atom is 0.260 e. The lowest BCUT2D eigenvalue weighted by Crippen LogP contribution is -2.33. The van der Waals surface area contributed by atoms with Crippen molar-refractivity contribution in [1.29, 1.82) is 0 Å². The van der Waals surface area contributed by atoms with Gasteiger partial charge >= 0.3 is 0 Å². The number of pyridine rings is 1. The Morgan fingerprint density at radius 2 is 2.00 bits per heavy atom. The maximum atomic E-state index is 12.7. The molecule has 0 aliphatic heterocycles. The van der Waals surface area contributed by atoms with Crippen LogP contribution in [-0.2, 0) is 23.0 Å². The van der Waals surface area contributed by atoms with Gasteiger partial charge in [0.2, 0.25) is 10.0 Å². The van der Waals surface area contributed by atoms with Crippen LogP contribution < -0.4 is 5.56 Å². The number of aryl methyl sites for hydroxylation is 1. The molecule has 2 rings (SSSR count). The van der Waals surface area contributed by atoms with Gasteiger partial charge in [0.1, 0.15) is 0 Å². The molecule has 0 spiro atoms. The molecule has 0 N–H and O–H groups in total. The van der Waals surface area contributed by atoms with E-state index in [0.717, 1.165) is 17.3 Å². The van der Waals surface area contributed by atoms with Gasteiger partial charge in [0.25, 0.3) is 5.56 Å². The zero-order valence-electron chi connectivity index (χ0n) is 12.8. The van der Waals surface area contributed by atoms with Gasteiger partial charge in [0.05, 0.1) is 16.7 Å². The van der Waals surface area contributed by atoms with Gasteiger partial charge in [0, 0.05) is 25.8 Å². The van der Waals surface area contributed by atoms with Crippen LogP contribution in [0.25, 0.3) is 10.8 Å². The summed E-state index contributed by atoms with van der Waals surface area (Å²) >= 11 is 6.15. The molecule has 0 saturated carbocycles. The van der Waals surface area contributed by atoms with Crippen molar-refractivity contribution in [2.75, 3.05) is 19.8 Å². The first-order valence-corrected chi connectivity index (χ1v) is 9.20. The van der Waals surface area contributed by atoms with Crippen LogP contribution in [0, 0.1) is 0 Å². The van der Waals surface area contributed by atoms with E-state index in [0.29, 0.717) is 23.4 Å². The topological polar surface area (TPSA) is 59.4 Å². The van der Waals surface area contributed by atoms with Gasteiger partial charge in [-0.3, -0.25) is 4.79 Å². The fourth-order valence-electron chi connectivity index (χ4n) is 2.35. The number of sulfonamides is 1. The predicted molar refractivity (Wildman–Crippen MR) is 90.1 cm³/mol. The lowest BCUT2D eigenvalue weighted by atomic mass is 10.1. The Kier molecular flexibility index (Phi) is 4.94. The first kappa shape index (κ1) is 17.0. The highest BCUT2D eigenvalue weighted by atomic mass is 35.5. The van der Waals surface area contributed by atoms with Gasteiger partial charge in [-0.2, -0.15) is 0 Å². The van der Waals surface area contributed by atoms with Crippen LogP contribution in [0.1, 0.15) is 12.6 Å². The molecule has 2 aromatic rings. The standard InChI is InChI=1S/C15H19ClN2O3S/c1-4-12-10-11-6-5-7-13(16)14(11)15(19)18(12)9-8-17(2)22(3,20)21/h5-7,10H,4,8-9H2,1-3H3. The highest BCUT2D eigenvalue weighted by molar-refractivity contribution is 7.88. The third-order valence-electron chi connectivity index (χ3n) is 3.74. The van der Waals surface area contributed by atoms with Crippen molar-refractivity contribution in [1.82, 2.24) is 8.87 Å². The van der Waals surface area contributed by atoms with Gasteiger partial charge in [-0.05, 0) is 23.9 Å². The van der Waals surface area contributed by atoms with Crippen LogP contribution in [0.4, 0.5) is 0 Å². The van der Waals surface area contributed by atoms with E-state index in [1.54, 1.807) is 10.6 Å². The van der Waals surface area contributed by atoms with E-state index < -0.39 is 10.0 Å². The highest BCUT2D eigenvalue weighted by Crippen LogP contribution is 2.21. The Morgan fingerprint density at radius 3 is 2.59 bits per heavy atom. The second kappa shape index (κ2) is 6.40. The number of fused-ring (bicyclic) bond motifs is 1. The van der Waals surface area contributed by atoms with Crippen LogP contribution >= 0.6 is 11.6 Å². The Hall–Kier alpha value is -1.37. The normalized spacial score (nSPS) is 12.2. The van der Waals surface area contributed by atoms with E-state index in [-0.39, 0.29) is 12.1 Å². The molecule has 0 amide bonds. The zero-order valence-corrected chi connectivity index (χ0v) is 14.4. The number of nitrogens with zero attached hydrogens (tertiary/aromatic N) is 2. The van der Waals surface area contributed by atoms with Crippen molar-refractivity contribution in [2.24, 2.45) is 0 Å². The van der Waals surface area contributed by atoms with Crippen LogP contribution in [0.3, 0.4) is 0 Å². The molecule has 0 radical (unpaired) electrons. The molecule has 1 heterocycles. The van der Waals surface area contributed by atoms with E-state index in [1.807, 2.05) is 25.1 Å². The summed E-state index contributed by atoms with van der Waals surface area (Å²) in [6.07, 6.45) is 1.83. The van der Waals surface area contributed by atoms with E-state index in [1.165, 1.54) is 11.4 Å². The molecule has 1 aromatic carbocycles. The van der Waals surface area contributed by atoms with E-state index >= 15 is 0 Å². The maximum absolute atomic E-state index is 12.7. The first-order chi connectivity index (χ1) is 10.3. The van der Waals surface area contributed by atoms with Crippen molar-refractivity contribution >= 4 is 32.4 Å². The lowest BCUT2D eigenvalue weighted by molar-refractivity contribution is 0.443. The van der Waals surface area contributed by atoms with E-state index in [2.05, 4.69) is 0 Å². The summed E-state index contributed by atoms with van der Waals surface area (Å²) in [7, 11) is -1.76. The Morgan fingerprint density at radius 1 is 1.32 bits per heavy atom. The largest absolute Gasteiger partial charge is 0.311 e. The molecular weight excluding hydrogens is 324 g/mol. The molecule has 0 aliphatic rings. The van der Waals surface area contributed by atoms with Crippen LogP contribution in [0.2, 0.25) is 5.02 Å². The minimum absolute atomic E-state index is 0.179. The number of benzene rings is 1. The first-order valence-electron chi connectivity index (χ1n) is 6.98. The second-order valence-corrected chi connectivity index (χ2v) is 7.73. The number of aromatic nitrogens is 1. The molecule has 5 nitrogen and oxygen atoms in total. The van der Waals surface area contributed by atoms with E-state index in [9.17, 15) is 13.2 Å². The van der Waals surface area contributed by atoms with Gasteiger partial charge in [0.15, 0.2) is 0 Å². The Balaban J connectivity index is 2.51. The van der Waals surface area contributed by atoms with Crippen LogP contribution in [0.15, 0.2) is 29.1 Å². The predicted octanol–water partition coefficient (Wildman–Crippen LogP) is 2.11. The smallest absolute Gasteiger partial charge is 0.260 e. The van der Waals surface area contributed by atoms with Gasteiger partial charge in [-0.15, -0.1) is 0 Å². The number of hydrogen-bond acceptors (Lipinski definition) is 3. The number of likely N-dealkylation sites (N-methyl/N-ethyl adjacent to an activating group) is 1. The monoisotopic (exact) mass is 342 g/mol. The van der Waals surface area contributed by atoms with Crippen LogP contribution in [-0.4, -0.2) is 37.1 Å². The third-order valence-corrected chi connectivity index (χ3v) is 5.37. The summed E-state index contributed by atoms with van der Waals surface area (Å²) in [6, 6.07) is 7.28. The summed E-state index contributed by atoms with van der Waals surface area (Å²) in [4.78, 5) is 12.7. The average molecular weight is 343 g/mol. The SMILES string of the molecule is CCc1cc2cccc(Cl)c2c(=O)n1CCN(C)S(C)(=O)=O. The fourth-order valence-corrected chi connectivity index (χ4v) is 3.03. The van der Waals surface area contributed by atoms with Crippen molar-refractivity contribution in [3.05, 3.63) is 45.3 Å². The van der Waals surface area contributed by atoms with Crippen molar-refractivity contribution in [3.8, 4) is 0 Å². The molecule has 1 aromatic heterocycles. The molecule has 0 fully saturated rings. The van der Waals surface area contributed by atoms with Crippen molar-refractivity contribution in [3.63, 3.8) is 0 Å². The Labute approximate surface area is 135 Å². The summed E-state index contributed by atoms with van der Waals surface area (Å²) in [5.74, 6) is 0. The van der Waals surface area contributed by atoms with Crippen molar-refractivity contribution < 1.29 is 8.42 Å². The minimum atomic E-state index is -3.26. The molecule has 0 unspecified atom stereocenters. The molecule has 120 valence electrons. The second-order valence-electron chi connectivity index (χ2n) is 5.23. The molecule has 7 heteroatoms. The zero-order chi connectivity index (χ0) is 16.5. The van der Waals surface area contributed by atoms with Gasteiger partial charge in [-0.1, -0.05) is 30.7 Å². The lowest BCUT2D eigenvalue weighted by Gasteiger charge is -2.18. The summed E-state index contributed by atoms with van der Waals surface area (Å²) in [5.41, 5.74) is 0.684. The average Bonchev–Trinajstić information content (AvgIpc) is 2.44. The number of rotatable bonds is 5. The molecule has 0 saturated heterocycles. The number of halogens is 1. The summed E-state index contributed by atoms with van der Waals surface area (Å²) in [6.45, 7) is 2.50. The Bertz CT molecular complexity index is 859. The molecule has 0 bridgehead atoms. The highest BCUT2D eigenvalue weighted by Gasteiger charge is 2.14. The quantitative estimate of drug-likeness (QED) is 0.836. The van der Waals surface area contributed by atoms with Gasteiger partial charge in [-0.25, -0.2) is 12.7 Å². The molecular formula is C15H19ClN2O3S.